The lowest BCUT2D eigenvalue weighted by atomic mass is 10.2. The molecular formula is C31H29FN4O5S. The fourth-order valence-electron chi connectivity index (χ4n) is 4.48. The molecule has 0 atom stereocenters. The molecule has 4 aromatic carbocycles. The van der Waals surface area contributed by atoms with Crippen molar-refractivity contribution in [3.8, 4) is 5.75 Å². The number of para-hydroxylation sites is 2. The maximum Gasteiger partial charge on any atom is 0.295 e. The largest absolute Gasteiger partial charge is 0.368 e. The summed E-state index contributed by atoms with van der Waals surface area (Å²) in [6.45, 7) is 1.94. The molecule has 1 heterocycles. The molecule has 0 unspecified atom stereocenters. The molecule has 0 radical (unpaired) electrons. The Morgan fingerprint density at radius 1 is 0.786 bits per heavy atom. The zero-order chi connectivity index (χ0) is 29.5. The number of benzene rings is 4. The minimum Gasteiger partial charge on any atom is -0.368 e. The second kappa shape index (κ2) is 12.7. The van der Waals surface area contributed by atoms with E-state index < -0.39 is 15.9 Å². The van der Waals surface area contributed by atoms with Gasteiger partial charge in [0.2, 0.25) is 5.91 Å². The van der Waals surface area contributed by atoms with Gasteiger partial charge in [-0.05, 0) is 72.8 Å². The van der Waals surface area contributed by atoms with E-state index in [1.54, 1.807) is 77.7 Å². The monoisotopic (exact) mass is 588 g/mol. The van der Waals surface area contributed by atoms with Crippen molar-refractivity contribution in [1.29, 1.82) is 0 Å². The first-order valence-corrected chi connectivity index (χ1v) is 14.8. The molecule has 1 aliphatic heterocycles. The molecule has 0 aliphatic carbocycles. The Hall–Kier alpha value is -4.90. The lowest BCUT2D eigenvalue weighted by molar-refractivity contribution is -0.130. The molecule has 1 saturated heterocycles. The Balaban J connectivity index is 1.19. The Labute approximate surface area is 243 Å². The molecule has 5 rings (SSSR count). The number of sulfonamides is 1. The minimum atomic E-state index is -4.17. The lowest BCUT2D eigenvalue weighted by Crippen LogP contribution is -2.51. The predicted octanol–water partition coefficient (Wildman–Crippen LogP) is 4.09. The predicted molar refractivity (Wildman–Crippen MR) is 157 cm³/mol. The minimum absolute atomic E-state index is 0.0751. The molecule has 9 nitrogen and oxygen atoms in total. The Morgan fingerprint density at radius 2 is 1.38 bits per heavy atom. The van der Waals surface area contributed by atoms with Gasteiger partial charge in [0.1, 0.15) is 5.82 Å². The van der Waals surface area contributed by atoms with Crippen molar-refractivity contribution < 1.29 is 27.2 Å². The molecule has 0 bridgehead atoms. The standard InChI is InChI=1S/C31H29FN4O5S/c32-25-13-15-26(16-14-25)34-19-21-35(22-20-34)30(37)23-33-31(38)24-11-17-29(18-12-24)42(39,40)36(27-7-3-1-4-8-27)41-28-9-5-2-6-10-28/h1-18H,19-23H2,(H,33,38). The third kappa shape index (κ3) is 6.69. The van der Waals surface area contributed by atoms with Gasteiger partial charge in [-0.25, -0.2) is 4.39 Å². The van der Waals surface area contributed by atoms with Gasteiger partial charge in [0.05, 0.1) is 17.1 Å². The van der Waals surface area contributed by atoms with E-state index in [1.165, 1.54) is 36.4 Å². The molecule has 0 saturated carbocycles. The normalized spacial score (nSPS) is 13.4. The molecule has 4 aromatic rings. The van der Waals surface area contributed by atoms with Gasteiger partial charge in [0.25, 0.3) is 15.9 Å². The highest BCUT2D eigenvalue weighted by molar-refractivity contribution is 7.92. The van der Waals surface area contributed by atoms with Crippen molar-refractivity contribution in [2.24, 2.45) is 0 Å². The average molecular weight is 589 g/mol. The third-order valence-corrected chi connectivity index (χ3v) is 8.35. The van der Waals surface area contributed by atoms with Gasteiger partial charge in [-0.15, -0.1) is 0 Å². The fourth-order valence-corrected chi connectivity index (χ4v) is 5.73. The summed E-state index contributed by atoms with van der Waals surface area (Å²) in [5.74, 6) is -0.691. The Morgan fingerprint density at radius 3 is 2.00 bits per heavy atom. The summed E-state index contributed by atoms with van der Waals surface area (Å²) in [6.07, 6.45) is 0. The Kier molecular flexibility index (Phi) is 8.68. The van der Waals surface area contributed by atoms with Gasteiger partial charge in [0, 0.05) is 37.4 Å². The number of hydrogen-bond acceptors (Lipinski definition) is 6. The zero-order valence-electron chi connectivity index (χ0n) is 22.6. The lowest BCUT2D eigenvalue weighted by Gasteiger charge is -2.36. The molecule has 216 valence electrons. The van der Waals surface area contributed by atoms with E-state index in [2.05, 4.69) is 10.2 Å². The number of hydrogen-bond donors (Lipinski definition) is 1. The number of anilines is 2. The zero-order valence-corrected chi connectivity index (χ0v) is 23.4. The number of carbonyl (C=O) groups is 2. The highest BCUT2D eigenvalue weighted by Gasteiger charge is 2.28. The number of amides is 2. The molecule has 1 fully saturated rings. The molecule has 42 heavy (non-hydrogen) atoms. The number of carbonyl (C=O) groups excluding carboxylic acids is 2. The van der Waals surface area contributed by atoms with Gasteiger partial charge in [-0.3, -0.25) is 9.59 Å². The summed E-state index contributed by atoms with van der Waals surface area (Å²) in [5.41, 5.74) is 1.40. The molecule has 1 N–H and O–H groups in total. The van der Waals surface area contributed by atoms with Crippen LogP contribution in [0.4, 0.5) is 15.8 Å². The van der Waals surface area contributed by atoms with Crippen LogP contribution in [0.15, 0.2) is 114 Å². The number of piperazine rings is 1. The van der Waals surface area contributed by atoms with Crippen LogP contribution in [-0.2, 0) is 14.8 Å². The van der Waals surface area contributed by atoms with E-state index in [0.29, 0.717) is 37.6 Å². The van der Waals surface area contributed by atoms with Crippen LogP contribution in [-0.4, -0.2) is 57.9 Å². The molecule has 1 aliphatic rings. The van der Waals surface area contributed by atoms with Crippen molar-refractivity contribution >= 4 is 33.2 Å². The number of nitrogens with zero attached hydrogens (tertiary/aromatic N) is 3. The van der Waals surface area contributed by atoms with Gasteiger partial charge >= 0.3 is 0 Å². The number of rotatable bonds is 9. The van der Waals surface area contributed by atoms with Crippen LogP contribution in [0.5, 0.6) is 5.75 Å². The van der Waals surface area contributed by atoms with Crippen LogP contribution in [0, 0.1) is 5.82 Å². The molecule has 11 heteroatoms. The van der Waals surface area contributed by atoms with E-state index >= 15 is 0 Å². The second-order valence-corrected chi connectivity index (χ2v) is 11.3. The van der Waals surface area contributed by atoms with Gasteiger partial charge in [-0.2, -0.15) is 8.42 Å². The van der Waals surface area contributed by atoms with Crippen LogP contribution in [0.25, 0.3) is 0 Å². The summed E-state index contributed by atoms with van der Waals surface area (Å²) < 4.78 is 41.2. The van der Waals surface area contributed by atoms with E-state index in [-0.39, 0.29) is 28.7 Å². The maximum atomic E-state index is 13.6. The smallest absolute Gasteiger partial charge is 0.295 e. The molecule has 0 aromatic heterocycles. The van der Waals surface area contributed by atoms with Gasteiger partial charge in [-0.1, -0.05) is 40.9 Å². The van der Waals surface area contributed by atoms with Crippen molar-refractivity contribution in [1.82, 2.24) is 10.2 Å². The maximum absolute atomic E-state index is 13.6. The number of halogens is 1. The third-order valence-electron chi connectivity index (χ3n) is 6.76. The van der Waals surface area contributed by atoms with Crippen LogP contribution >= 0.6 is 0 Å². The first kappa shape index (κ1) is 28.6. The van der Waals surface area contributed by atoms with Gasteiger partial charge in [0.15, 0.2) is 5.75 Å². The summed E-state index contributed by atoms with van der Waals surface area (Å²) in [5, 5.41) is 2.61. The molecular weight excluding hydrogens is 559 g/mol. The second-order valence-electron chi connectivity index (χ2n) is 9.52. The molecule has 2 amide bonds. The SMILES string of the molecule is O=C(NCC(=O)N1CCN(c2ccc(F)cc2)CC1)c1ccc(S(=O)(=O)N(Oc2ccccc2)c2ccccc2)cc1. The number of nitrogens with one attached hydrogen (secondary N) is 1. The van der Waals surface area contributed by atoms with E-state index in [0.717, 1.165) is 10.2 Å². The van der Waals surface area contributed by atoms with E-state index in [4.69, 9.17) is 4.84 Å². The van der Waals surface area contributed by atoms with Crippen molar-refractivity contribution in [2.75, 3.05) is 42.1 Å². The van der Waals surface area contributed by atoms with Crippen molar-refractivity contribution in [3.63, 3.8) is 0 Å². The van der Waals surface area contributed by atoms with Crippen molar-refractivity contribution in [3.05, 3.63) is 121 Å². The van der Waals surface area contributed by atoms with E-state index in [9.17, 15) is 22.4 Å². The summed E-state index contributed by atoms with van der Waals surface area (Å²) in [7, 11) is -4.17. The van der Waals surface area contributed by atoms with Crippen LogP contribution in [0.3, 0.4) is 0 Å². The highest BCUT2D eigenvalue weighted by atomic mass is 32.2. The van der Waals surface area contributed by atoms with E-state index in [1.807, 2.05) is 0 Å². The average Bonchev–Trinajstić information content (AvgIpc) is 3.03. The van der Waals surface area contributed by atoms with Gasteiger partial charge < -0.3 is 20.0 Å². The summed E-state index contributed by atoms with van der Waals surface area (Å²) in [4.78, 5) is 34.9. The molecule has 0 spiro atoms. The Bertz CT molecular complexity index is 1610. The summed E-state index contributed by atoms with van der Waals surface area (Å²) >= 11 is 0. The van der Waals surface area contributed by atoms with Crippen LogP contribution in [0.2, 0.25) is 0 Å². The van der Waals surface area contributed by atoms with Crippen LogP contribution in [0.1, 0.15) is 10.4 Å². The summed E-state index contributed by atoms with van der Waals surface area (Å²) in [6, 6.07) is 28.6. The first-order chi connectivity index (χ1) is 20.3. The fraction of sp³-hybridized carbons (Fsp3) is 0.161. The topological polar surface area (TPSA) is 99.3 Å². The highest BCUT2D eigenvalue weighted by Crippen LogP contribution is 2.26. The van der Waals surface area contributed by atoms with Crippen LogP contribution < -0.4 is 19.5 Å². The quantitative estimate of drug-likeness (QED) is 0.296. The van der Waals surface area contributed by atoms with Crippen molar-refractivity contribution in [2.45, 2.75) is 4.90 Å². The first-order valence-electron chi connectivity index (χ1n) is 13.3.